The molecule has 1 rings (SSSR count). The molecule has 0 aliphatic carbocycles. The SMILES string of the molecule is CCCOCCNc1c(Cl)cc(Cl)cc1Cl. The standard InChI is InChI=1S/C11H14Cl3NO/c1-2-4-16-5-3-15-11-9(13)6-8(12)7-10(11)14/h6-7,15H,2-5H2,1H3. The highest BCUT2D eigenvalue weighted by atomic mass is 35.5. The lowest BCUT2D eigenvalue weighted by atomic mass is 10.3. The molecule has 1 aromatic carbocycles. The van der Waals surface area contributed by atoms with E-state index in [0.29, 0.717) is 33.9 Å². The fraction of sp³-hybridized carbons (Fsp3) is 0.455. The third-order valence-corrected chi connectivity index (χ3v) is 2.72. The highest BCUT2D eigenvalue weighted by Crippen LogP contribution is 2.33. The molecule has 0 aliphatic rings. The molecule has 0 atom stereocenters. The zero-order valence-corrected chi connectivity index (χ0v) is 11.3. The Morgan fingerprint density at radius 1 is 1.12 bits per heavy atom. The Morgan fingerprint density at radius 2 is 1.75 bits per heavy atom. The highest BCUT2D eigenvalue weighted by Gasteiger charge is 2.06. The Morgan fingerprint density at radius 3 is 2.31 bits per heavy atom. The second-order valence-corrected chi connectivity index (χ2v) is 4.53. The maximum atomic E-state index is 6.00. The summed E-state index contributed by atoms with van der Waals surface area (Å²) in [6.07, 6.45) is 1.02. The summed E-state index contributed by atoms with van der Waals surface area (Å²) in [6, 6.07) is 3.31. The van der Waals surface area contributed by atoms with Crippen molar-refractivity contribution >= 4 is 40.5 Å². The van der Waals surface area contributed by atoms with Gasteiger partial charge in [-0.05, 0) is 18.6 Å². The Hall–Kier alpha value is -0.150. The summed E-state index contributed by atoms with van der Waals surface area (Å²) in [5.41, 5.74) is 0.702. The normalized spacial score (nSPS) is 10.5. The van der Waals surface area contributed by atoms with Crippen LogP contribution in [0.25, 0.3) is 0 Å². The summed E-state index contributed by atoms with van der Waals surface area (Å²) in [5.74, 6) is 0. The van der Waals surface area contributed by atoms with Crippen LogP contribution in [0, 0.1) is 0 Å². The molecule has 0 fully saturated rings. The maximum absolute atomic E-state index is 6.00. The van der Waals surface area contributed by atoms with Gasteiger partial charge in [-0.15, -0.1) is 0 Å². The summed E-state index contributed by atoms with van der Waals surface area (Å²) in [5, 5.41) is 4.69. The summed E-state index contributed by atoms with van der Waals surface area (Å²) >= 11 is 17.8. The summed E-state index contributed by atoms with van der Waals surface area (Å²) in [6.45, 7) is 4.13. The van der Waals surface area contributed by atoms with Gasteiger partial charge in [0.1, 0.15) is 0 Å². The van der Waals surface area contributed by atoms with E-state index in [2.05, 4.69) is 12.2 Å². The van der Waals surface area contributed by atoms with Crippen molar-refractivity contribution in [3.63, 3.8) is 0 Å². The number of rotatable bonds is 6. The van der Waals surface area contributed by atoms with Crippen LogP contribution in [-0.2, 0) is 4.74 Å². The summed E-state index contributed by atoms with van der Waals surface area (Å²) in [4.78, 5) is 0. The van der Waals surface area contributed by atoms with E-state index in [1.165, 1.54) is 0 Å². The molecule has 0 radical (unpaired) electrons. The quantitative estimate of drug-likeness (QED) is 0.777. The van der Waals surface area contributed by atoms with Crippen LogP contribution >= 0.6 is 34.8 Å². The van der Waals surface area contributed by atoms with Crippen LogP contribution in [0.15, 0.2) is 12.1 Å². The van der Waals surface area contributed by atoms with Crippen molar-refractivity contribution in [1.29, 1.82) is 0 Å². The zero-order valence-electron chi connectivity index (χ0n) is 9.03. The zero-order chi connectivity index (χ0) is 12.0. The predicted molar refractivity (Wildman–Crippen MR) is 71.1 cm³/mol. The minimum atomic E-state index is 0.521. The third-order valence-electron chi connectivity index (χ3n) is 1.90. The van der Waals surface area contributed by atoms with Crippen molar-refractivity contribution in [2.24, 2.45) is 0 Å². The first-order chi connectivity index (χ1) is 7.65. The van der Waals surface area contributed by atoms with Crippen LogP contribution < -0.4 is 5.32 Å². The molecule has 0 amide bonds. The molecule has 1 aromatic rings. The highest BCUT2D eigenvalue weighted by molar-refractivity contribution is 6.41. The van der Waals surface area contributed by atoms with Crippen LogP contribution in [0.3, 0.4) is 0 Å². The van der Waals surface area contributed by atoms with Crippen LogP contribution in [-0.4, -0.2) is 19.8 Å². The molecular formula is C11H14Cl3NO. The molecule has 0 unspecified atom stereocenters. The van der Waals surface area contributed by atoms with Crippen LogP contribution in [0.1, 0.15) is 13.3 Å². The first-order valence-electron chi connectivity index (χ1n) is 5.11. The van der Waals surface area contributed by atoms with Gasteiger partial charge in [-0.25, -0.2) is 0 Å². The fourth-order valence-electron chi connectivity index (χ4n) is 1.21. The van der Waals surface area contributed by atoms with E-state index in [9.17, 15) is 0 Å². The van der Waals surface area contributed by atoms with Crippen molar-refractivity contribution < 1.29 is 4.74 Å². The molecule has 0 saturated carbocycles. The molecule has 0 bridgehead atoms. The molecule has 2 nitrogen and oxygen atoms in total. The Bertz CT molecular complexity index is 321. The van der Waals surface area contributed by atoms with Crippen LogP contribution in [0.5, 0.6) is 0 Å². The lowest BCUT2D eigenvalue weighted by Crippen LogP contribution is -2.10. The minimum absolute atomic E-state index is 0.521. The summed E-state index contributed by atoms with van der Waals surface area (Å²) in [7, 11) is 0. The van der Waals surface area contributed by atoms with E-state index in [-0.39, 0.29) is 0 Å². The van der Waals surface area contributed by atoms with Gasteiger partial charge >= 0.3 is 0 Å². The second kappa shape index (κ2) is 7.23. The average molecular weight is 283 g/mol. The lowest BCUT2D eigenvalue weighted by Gasteiger charge is -2.10. The first-order valence-corrected chi connectivity index (χ1v) is 6.24. The smallest absolute Gasteiger partial charge is 0.0720 e. The van der Waals surface area contributed by atoms with Gasteiger partial charge in [0.05, 0.1) is 22.3 Å². The molecule has 1 N–H and O–H groups in total. The lowest BCUT2D eigenvalue weighted by molar-refractivity contribution is 0.144. The van der Waals surface area contributed by atoms with E-state index >= 15 is 0 Å². The molecule has 0 aromatic heterocycles. The van der Waals surface area contributed by atoms with E-state index < -0.39 is 0 Å². The van der Waals surface area contributed by atoms with E-state index in [1.54, 1.807) is 12.1 Å². The van der Waals surface area contributed by atoms with Crippen molar-refractivity contribution in [1.82, 2.24) is 0 Å². The van der Waals surface area contributed by atoms with Gasteiger partial charge in [-0.1, -0.05) is 41.7 Å². The Kier molecular flexibility index (Phi) is 6.29. The number of benzene rings is 1. The van der Waals surface area contributed by atoms with Gasteiger partial charge < -0.3 is 10.1 Å². The van der Waals surface area contributed by atoms with E-state index in [1.807, 2.05) is 0 Å². The van der Waals surface area contributed by atoms with Gasteiger partial charge in [-0.3, -0.25) is 0 Å². The van der Waals surface area contributed by atoms with Gasteiger partial charge in [-0.2, -0.15) is 0 Å². The number of anilines is 1. The van der Waals surface area contributed by atoms with Gasteiger partial charge in [0.2, 0.25) is 0 Å². The third kappa shape index (κ3) is 4.38. The number of ether oxygens (including phenoxy) is 1. The van der Waals surface area contributed by atoms with Crippen molar-refractivity contribution in [3.05, 3.63) is 27.2 Å². The van der Waals surface area contributed by atoms with E-state index in [4.69, 9.17) is 39.5 Å². The van der Waals surface area contributed by atoms with Crippen LogP contribution in [0.4, 0.5) is 5.69 Å². The van der Waals surface area contributed by atoms with Crippen molar-refractivity contribution in [2.75, 3.05) is 25.1 Å². The summed E-state index contributed by atoms with van der Waals surface area (Å²) < 4.78 is 5.33. The van der Waals surface area contributed by atoms with Gasteiger partial charge in [0, 0.05) is 18.2 Å². The number of nitrogens with one attached hydrogen (secondary N) is 1. The molecule has 0 heterocycles. The number of halogens is 3. The first kappa shape index (κ1) is 13.9. The second-order valence-electron chi connectivity index (χ2n) is 3.28. The molecule has 90 valence electrons. The predicted octanol–water partition coefficient (Wildman–Crippen LogP) is 4.49. The van der Waals surface area contributed by atoms with E-state index in [0.717, 1.165) is 13.0 Å². The number of hydrogen-bond donors (Lipinski definition) is 1. The maximum Gasteiger partial charge on any atom is 0.0720 e. The molecule has 5 heteroatoms. The Labute approximate surface area is 111 Å². The minimum Gasteiger partial charge on any atom is -0.380 e. The molecule has 16 heavy (non-hydrogen) atoms. The van der Waals surface area contributed by atoms with Crippen molar-refractivity contribution in [2.45, 2.75) is 13.3 Å². The monoisotopic (exact) mass is 281 g/mol. The Balaban J connectivity index is 2.47. The largest absolute Gasteiger partial charge is 0.380 e. The molecule has 0 saturated heterocycles. The number of hydrogen-bond acceptors (Lipinski definition) is 2. The van der Waals surface area contributed by atoms with Gasteiger partial charge in [0.25, 0.3) is 0 Å². The van der Waals surface area contributed by atoms with Crippen LogP contribution in [0.2, 0.25) is 15.1 Å². The fourth-order valence-corrected chi connectivity index (χ4v) is 2.16. The topological polar surface area (TPSA) is 21.3 Å². The molecular weight excluding hydrogens is 268 g/mol. The molecule has 0 spiro atoms. The van der Waals surface area contributed by atoms with Crippen molar-refractivity contribution in [3.8, 4) is 0 Å². The molecule has 0 aliphatic heterocycles. The van der Waals surface area contributed by atoms with Gasteiger partial charge in [0.15, 0.2) is 0 Å². The average Bonchev–Trinajstić information content (AvgIpc) is 2.20.